The van der Waals surface area contributed by atoms with Crippen LogP contribution in [0.1, 0.15) is 72.2 Å². The number of ketones is 1. The third-order valence-electron chi connectivity index (χ3n) is 7.07. The van der Waals surface area contributed by atoms with Gasteiger partial charge in [0.15, 0.2) is 5.78 Å². The molecule has 0 bridgehead atoms. The Morgan fingerprint density at radius 1 is 0.886 bits per heavy atom. The fraction of sp³-hybridized carbons (Fsp3) is 0.500. The topological polar surface area (TPSA) is 74.8 Å². The van der Waals surface area contributed by atoms with Crippen molar-refractivity contribution >= 4 is 21.7 Å². The SMILES string of the molecule is CC(C)Cc1ccc(C(=O)C2CCN(C(=O)c3cccc(S(=O)(=O)N4CCCCC4)c3)CC2)cc1. The summed E-state index contributed by atoms with van der Waals surface area (Å²) in [6.45, 7) is 6.40. The third-order valence-corrected chi connectivity index (χ3v) is 8.96. The molecule has 2 saturated heterocycles. The van der Waals surface area contributed by atoms with Crippen LogP contribution in [0, 0.1) is 11.8 Å². The molecule has 0 atom stereocenters. The Kier molecular flexibility index (Phi) is 8.07. The monoisotopic (exact) mass is 496 g/mol. The summed E-state index contributed by atoms with van der Waals surface area (Å²) in [6.07, 6.45) is 5.01. The van der Waals surface area contributed by atoms with Gasteiger partial charge in [-0.3, -0.25) is 9.59 Å². The Labute approximate surface area is 209 Å². The van der Waals surface area contributed by atoms with Crippen LogP contribution < -0.4 is 0 Å². The van der Waals surface area contributed by atoms with Gasteiger partial charge >= 0.3 is 0 Å². The zero-order valence-electron chi connectivity index (χ0n) is 20.8. The van der Waals surface area contributed by atoms with E-state index in [1.807, 2.05) is 24.3 Å². The van der Waals surface area contributed by atoms with Crippen molar-refractivity contribution in [1.82, 2.24) is 9.21 Å². The molecule has 4 rings (SSSR count). The summed E-state index contributed by atoms with van der Waals surface area (Å²) in [7, 11) is -3.59. The van der Waals surface area contributed by atoms with Crippen molar-refractivity contribution in [3.8, 4) is 0 Å². The molecule has 2 aromatic carbocycles. The number of nitrogens with zero attached hydrogens (tertiary/aromatic N) is 2. The molecule has 1 amide bonds. The largest absolute Gasteiger partial charge is 0.339 e. The lowest BCUT2D eigenvalue weighted by molar-refractivity contribution is 0.0650. The number of benzene rings is 2. The maximum Gasteiger partial charge on any atom is 0.253 e. The normalized spacial score (nSPS) is 18.1. The number of sulfonamides is 1. The van der Waals surface area contributed by atoms with Gasteiger partial charge < -0.3 is 4.90 Å². The van der Waals surface area contributed by atoms with Crippen LogP contribution in [0.4, 0.5) is 0 Å². The fourth-order valence-corrected chi connectivity index (χ4v) is 6.65. The first-order chi connectivity index (χ1) is 16.8. The fourth-order valence-electron chi connectivity index (χ4n) is 5.08. The lowest BCUT2D eigenvalue weighted by atomic mass is 9.88. The maximum atomic E-state index is 13.2. The van der Waals surface area contributed by atoms with Crippen molar-refractivity contribution in [3.63, 3.8) is 0 Å². The number of hydrogen-bond donors (Lipinski definition) is 0. The molecular weight excluding hydrogens is 460 g/mol. The van der Waals surface area contributed by atoms with E-state index in [4.69, 9.17) is 0 Å². The quantitative estimate of drug-likeness (QED) is 0.517. The average Bonchev–Trinajstić information content (AvgIpc) is 2.88. The number of piperidine rings is 2. The minimum Gasteiger partial charge on any atom is -0.339 e. The number of carbonyl (C=O) groups is 2. The molecule has 2 fully saturated rings. The Hall–Kier alpha value is -2.51. The first kappa shape index (κ1) is 25.6. The van der Waals surface area contributed by atoms with Crippen LogP contribution in [0.15, 0.2) is 53.4 Å². The van der Waals surface area contributed by atoms with Gasteiger partial charge in [-0.25, -0.2) is 8.42 Å². The van der Waals surface area contributed by atoms with E-state index in [1.165, 1.54) is 15.9 Å². The van der Waals surface area contributed by atoms with E-state index in [9.17, 15) is 18.0 Å². The van der Waals surface area contributed by atoms with Crippen molar-refractivity contribution in [2.45, 2.75) is 57.3 Å². The number of rotatable bonds is 7. The van der Waals surface area contributed by atoms with Gasteiger partial charge in [0.2, 0.25) is 10.0 Å². The molecule has 2 heterocycles. The Morgan fingerprint density at radius 3 is 2.17 bits per heavy atom. The molecule has 0 aromatic heterocycles. The van der Waals surface area contributed by atoms with Gasteiger partial charge in [-0.2, -0.15) is 4.31 Å². The minimum atomic E-state index is -3.59. The van der Waals surface area contributed by atoms with Crippen LogP contribution >= 0.6 is 0 Å². The first-order valence-corrected chi connectivity index (χ1v) is 14.2. The van der Waals surface area contributed by atoms with E-state index >= 15 is 0 Å². The molecular formula is C28H36N2O4S. The highest BCUT2D eigenvalue weighted by atomic mass is 32.2. The summed E-state index contributed by atoms with van der Waals surface area (Å²) < 4.78 is 27.6. The molecule has 6 nitrogen and oxygen atoms in total. The molecule has 0 N–H and O–H groups in total. The summed E-state index contributed by atoms with van der Waals surface area (Å²) in [5.41, 5.74) is 2.35. The predicted octanol–water partition coefficient (Wildman–Crippen LogP) is 4.79. The summed E-state index contributed by atoms with van der Waals surface area (Å²) >= 11 is 0. The van der Waals surface area contributed by atoms with Crippen LogP contribution in [0.3, 0.4) is 0 Å². The first-order valence-electron chi connectivity index (χ1n) is 12.8. The minimum absolute atomic E-state index is 0.0965. The zero-order chi connectivity index (χ0) is 25.0. The molecule has 2 aromatic rings. The van der Waals surface area contributed by atoms with Crippen LogP contribution in [-0.2, 0) is 16.4 Å². The smallest absolute Gasteiger partial charge is 0.253 e. The number of likely N-dealkylation sites (tertiary alicyclic amines) is 1. The average molecular weight is 497 g/mol. The van der Waals surface area contributed by atoms with Gasteiger partial charge in [-0.15, -0.1) is 0 Å². The molecule has 0 radical (unpaired) electrons. The highest BCUT2D eigenvalue weighted by molar-refractivity contribution is 7.89. The number of hydrogen-bond acceptors (Lipinski definition) is 4. The summed E-state index contributed by atoms with van der Waals surface area (Å²) in [5, 5.41) is 0. The van der Waals surface area contributed by atoms with Gasteiger partial charge in [0.05, 0.1) is 4.90 Å². The second-order valence-electron chi connectivity index (χ2n) is 10.2. The van der Waals surface area contributed by atoms with Crippen molar-refractivity contribution in [2.75, 3.05) is 26.2 Å². The Bertz CT molecular complexity index is 1140. The van der Waals surface area contributed by atoms with E-state index in [1.54, 1.807) is 23.1 Å². The third kappa shape index (κ3) is 6.01. The standard InChI is InChI=1S/C28H36N2O4S/c1-21(2)19-22-9-11-23(12-10-22)27(31)24-13-17-29(18-14-24)28(32)25-7-6-8-26(20-25)35(33,34)30-15-4-3-5-16-30/h6-12,20-21,24H,3-5,13-19H2,1-2H3. The summed E-state index contributed by atoms with van der Waals surface area (Å²) in [4.78, 5) is 28.1. The molecule has 0 aliphatic carbocycles. The summed E-state index contributed by atoms with van der Waals surface area (Å²) in [5.74, 6) is 0.442. The van der Waals surface area contributed by atoms with E-state index in [0.717, 1.165) is 31.2 Å². The van der Waals surface area contributed by atoms with Crippen molar-refractivity contribution < 1.29 is 18.0 Å². The van der Waals surface area contributed by atoms with Gasteiger partial charge in [0.1, 0.15) is 0 Å². The highest BCUT2D eigenvalue weighted by Crippen LogP contribution is 2.25. The van der Waals surface area contributed by atoms with E-state index in [2.05, 4.69) is 13.8 Å². The number of amides is 1. The molecule has 0 spiro atoms. The highest BCUT2D eigenvalue weighted by Gasteiger charge is 2.30. The van der Waals surface area contributed by atoms with E-state index in [0.29, 0.717) is 50.5 Å². The summed E-state index contributed by atoms with van der Waals surface area (Å²) in [6, 6.07) is 14.3. The maximum absolute atomic E-state index is 13.2. The van der Waals surface area contributed by atoms with Crippen molar-refractivity contribution in [1.29, 1.82) is 0 Å². The predicted molar refractivity (Wildman–Crippen MR) is 137 cm³/mol. The molecule has 2 aliphatic rings. The van der Waals surface area contributed by atoms with Crippen LogP contribution in [0.5, 0.6) is 0 Å². The van der Waals surface area contributed by atoms with Crippen LogP contribution in [0.25, 0.3) is 0 Å². The molecule has 35 heavy (non-hydrogen) atoms. The molecule has 7 heteroatoms. The lowest BCUT2D eigenvalue weighted by Crippen LogP contribution is -2.40. The second kappa shape index (κ2) is 11.0. The zero-order valence-corrected chi connectivity index (χ0v) is 21.6. The molecule has 0 unspecified atom stereocenters. The Morgan fingerprint density at radius 2 is 1.54 bits per heavy atom. The molecule has 2 aliphatic heterocycles. The van der Waals surface area contributed by atoms with Crippen molar-refractivity contribution in [2.24, 2.45) is 11.8 Å². The van der Waals surface area contributed by atoms with Gasteiger partial charge in [0.25, 0.3) is 5.91 Å². The van der Waals surface area contributed by atoms with Crippen LogP contribution in [0.2, 0.25) is 0 Å². The van der Waals surface area contributed by atoms with Gasteiger partial charge in [0, 0.05) is 43.2 Å². The molecule has 188 valence electrons. The number of Topliss-reactive ketones (excluding diaryl/α,β-unsaturated/α-hetero) is 1. The second-order valence-corrected chi connectivity index (χ2v) is 12.2. The van der Waals surface area contributed by atoms with Crippen LogP contribution in [-0.4, -0.2) is 55.5 Å². The molecule has 0 saturated carbocycles. The Balaban J connectivity index is 1.38. The van der Waals surface area contributed by atoms with E-state index in [-0.39, 0.29) is 22.5 Å². The van der Waals surface area contributed by atoms with Gasteiger partial charge in [-0.05, 0) is 61.8 Å². The lowest BCUT2D eigenvalue weighted by Gasteiger charge is -2.31. The van der Waals surface area contributed by atoms with E-state index < -0.39 is 10.0 Å². The van der Waals surface area contributed by atoms with Crippen molar-refractivity contribution in [3.05, 3.63) is 65.2 Å². The number of carbonyl (C=O) groups excluding carboxylic acids is 2. The van der Waals surface area contributed by atoms with Gasteiger partial charge in [-0.1, -0.05) is 50.6 Å².